The van der Waals surface area contributed by atoms with E-state index < -0.39 is 5.82 Å². The molecule has 21 heavy (non-hydrogen) atoms. The second-order valence-electron chi connectivity index (χ2n) is 4.84. The normalized spacial score (nSPS) is 11.0. The average molecular weight is 312 g/mol. The Hall–Kier alpha value is -1.65. The Kier molecular flexibility index (Phi) is 5.15. The zero-order valence-corrected chi connectivity index (χ0v) is 12.6. The lowest BCUT2D eigenvalue weighted by Crippen LogP contribution is -2.18. The summed E-state index contributed by atoms with van der Waals surface area (Å²) in [5.41, 5.74) is 1.22. The van der Waals surface area contributed by atoms with Gasteiger partial charge < -0.3 is 4.74 Å². The first kappa shape index (κ1) is 15.7. The number of ether oxygens (including phenoxy) is 1. The fourth-order valence-corrected chi connectivity index (χ4v) is 2.35. The van der Waals surface area contributed by atoms with E-state index in [2.05, 4.69) is 0 Å². The van der Waals surface area contributed by atoms with E-state index in [0.29, 0.717) is 23.7 Å². The molecular formula is C16H16ClF2NO. The molecule has 2 aromatic carbocycles. The first-order chi connectivity index (χ1) is 10.0. The van der Waals surface area contributed by atoms with Crippen LogP contribution in [0.25, 0.3) is 0 Å². The third-order valence-electron chi connectivity index (χ3n) is 3.16. The van der Waals surface area contributed by atoms with Gasteiger partial charge >= 0.3 is 0 Å². The van der Waals surface area contributed by atoms with Crippen LogP contribution in [0.1, 0.15) is 11.1 Å². The Morgan fingerprint density at radius 2 is 1.86 bits per heavy atom. The Morgan fingerprint density at radius 1 is 1.10 bits per heavy atom. The third-order valence-corrected chi connectivity index (χ3v) is 3.51. The zero-order valence-electron chi connectivity index (χ0n) is 11.9. The van der Waals surface area contributed by atoms with Crippen molar-refractivity contribution in [2.45, 2.75) is 13.1 Å². The minimum absolute atomic E-state index is 0.207. The van der Waals surface area contributed by atoms with Crippen LogP contribution >= 0.6 is 11.6 Å². The van der Waals surface area contributed by atoms with E-state index in [1.807, 2.05) is 11.9 Å². The van der Waals surface area contributed by atoms with Gasteiger partial charge in [0.2, 0.25) is 0 Å². The Morgan fingerprint density at radius 3 is 2.48 bits per heavy atom. The van der Waals surface area contributed by atoms with E-state index in [4.69, 9.17) is 16.3 Å². The van der Waals surface area contributed by atoms with Crippen molar-refractivity contribution in [3.05, 3.63) is 64.2 Å². The second kappa shape index (κ2) is 6.87. The smallest absolute Gasteiger partial charge is 0.165 e. The van der Waals surface area contributed by atoms with Gasteiger partial charge in [0.15, 0.2) is 11.6 Å². The number of nitrogens with zero attached hydrogens (tertiary/aromatic N) is 1. The van der Waals surface area contributed by atoms with Crippen LogP contribution in [0.2, 0.25) is 5.02 Å². The van der Waals surface area contributed by atoms with Gasteiger partial charge in [-0.15, -0.1) is 0 Å². The fraction of sp³-hybridized carbons (Fsp3) is 0.250. The first-order valence-corrected chi connectivity index (χ1v) is 6.83. The molecule has 0 unspecified atom stereocenters. The van der Waals surface area contributed by atoms with Crippen molar-refractivity contribution in [3.8, 4) is 5.75 Å². The van der Waals surface area contributed by atoms with Gasteiger partial charge in [0.25, 0.3) is 0 Å². The lowest BCUT2D eigenvalue weighted by atomic mass is 10.1. The van der Waals surface area contributed by atoms with Crippen molar-refractivity contribution in [3.63, 3.8) is 0 Å². The predicted molar refractivity (Wildman–Crippen MR) is 79.5 cm³/mol. The van der Waals surface area contributed by atoms with E-state index >= 15 is 0 Å². The summed E-state index contributed by atoms with van der Waals surface area (Å²) in [5.74, 6) is -0.541. The molecule has 2 nitrogen and oxygen atoms in total. The molecule has 0 saturated carbocycles. The van der Waals surface area contributed by atoms with E-state index in [-0.39, 0.29) is 11.6 Å². The van der Waals surface area contributed by atoms with Gasteiger partial charge in [0, 0.05) is 23.7 Å². The summed E-state index contributed by atoms with van der Waals surface area (Å²) < 4.78 is 32.2. The van der Waals surface area contributed by atoms with Crippen LogP contribution in [0.4, 0.5) is 8.78 Å². The predicted octanol–water partition coefficient (Wildman–Crippen LogP) is 4.26. The molecule has 0 saturated heterocycles. The van der Waals surface area contributed by atoms with Crippen molar-refractivity contribution >= 4 is 11.6 Å². The van der Waals surface area contributed by atoms with E-state index in [9.17, 15) is 8.78 Å². The Labute approximate surface area is 127 Å². The monoisotopic (exact) mass is 311 g/mol. The van der Waals surface area contributed by atoms with Crippen molar-refractivity contribution in [2.24, 2.45) is 0 Å². The molecule has 2 aromatic rings. The van der Waals surface area contributed by atoms with Crippen LogP contribution in [-0.4, -0.2) is 19.1 Å². The minimum atomic E-state index is -0.410. The summed E-state index contributed by atoms with van der Waals surface area (Å²) in [6.07, 6.45) is 0. The number of methoxy groups -OCH3 is 1. The number of hydrogen-bond acceptors (Lipinski definition) is 2. The van der Waals surface area contributed by atoms with Crippen molar-refractivity contribution in [2.75, 3.05) is 14.2 Å². The summed E-state index contributed by atoms with van der Waals surface area (Å²) in [4.78, 5) is 1.87. The van der Waals surface area contributed by atoms with Crippen molar-refractivity contribution in [1.29, 1.82) is 0 Å². The highest BCUT2D eigenvalue weighted by molar-refractivity contribution is 6.31. The highest BCUT2D eigenvalue weighted by atomic mass is 35.5. The topological polar surface area (TPSA) is 12.5 Å². The molecule has 112 valence electrons. The maximum atomic E-state index is 13.7. The standard InChI is InChI=1S/C16H16ClF2NO/c1-20(10-12-13(17)4-3-5-14(12)18)9-11-6-7-16(21-2)15(19)8-11/h3-8H,9-10H2,1-2H3. The first-order valence-electron chi connectivity index (χ1n) is 6.45. The molecule has 5 heteroatoms. The molecular weight excluding hydrogens is 296 g/mol. The number of halogens is 3. The maximum Gasteiger partial charge on any atom is 0.165 e. The summed E-state index contributed by atoms with van der Waals surface area (Å²) in [6.45, 7) is 0.824. The van der Waals surface area contributed by atoms with Gasteiger partial charge in [0.05, 0.1) is 7.11 Å². The SMILES string of the molecule is COc1ccc(CN(C)Cc2c(F)cccc2Cl)cc1F. The largest absolute Gasteiger partial charge is 0.494 e. The lowest BCUT2D eigenvalue weighted by Gasteiger charge is -2.18. The van der Waals surface area contributed by atoms with Crippen LogP contribution in [0, 0.1) is 11.6 Å². The van der Waals surface area contributed by atoms with E-state index in [0.717, 1.165) is 5.56 Å². The van der Waals surface area contributed by atoms with Crippen LogP contribution in [0.15, 0.2) is 36.4 Å². The van der Waals surface area contributed by atoms with Gasteiger partial charge in [-0.1, -0.05) is 23.7 Å². The molecule has 0 aliphatic rings. The maximum absolute atomic E-state index is 13.7. The van der Waals surface area contributed by atoms with Crippen LogP contribution in [0.3, 0.4) is 0 Å². The molecule has 0 amide bonds. The Bertz CT molecular complexity index is 613. The van der Waals surface area contributed by atoms with E-state index in [1.165, 1.54) is 19.2 Å². The van der Waals surface area contributed by atoms with E-state index in [1.54, 1.807) is 24.3 Å². The molecule has 0 N–H and O–H groups in total. The number of benzene rings is 2. The van der Waals surface area contributed by atoms with Gasteiger partial charge in [-0.25, -0.2) is 8.78 Å². The summed E-state index contributed by atoms with van der Waals surface area (Å²) in [5, 5.41) is 0.391. The van der Waals surface area contributed by atoms with Crippen LogP contribution in [-0.2, 0) is 13.1 Å². The Balaban J connectivity index is 2.08. The highest BCUT2D eigenvalue weighted by Crippen LogP contribution is 2.22. The fourth-order valence-electron chi connectivity index (χ4n) is 2.13. The van der Waals surface area contributed by atoms with Gasteiger partial charge in [-0.2, -0.15) is 0 Å². The molecule has 0 radical (unpaired) electrons. The lowest BCUT2D eigenvalue weighted by molar-refractivity contribution is 0.312. The van der Waals surface area contributed by atoms with Gasteiger partial charge in [-0.3, -0.25) is 4.90 Å². The molecule has 0 heterocycles. The number of rotatable bonds is 5. The average Bonchev–Trinajstić information content (AvgIpc) is 2.43. The van der Waals surface area contributed by atoms with Crippen molar-refractivity contribution in [1.82, 2.24) is 4.90 Å². The number of hydrogen-bond donors (Lipinski definition) is 0. The van der Waals surface area contributed by atoms with Crippen LogP contribution in [0.5, 0.6) is 5.75 Å². The van der Waals surface area contributed by atoms with Crippen LogP contribution < -0.4 is 4.74 Å². The summed E-state index contributed by atoms with van der Waals surface area (Å²) >= 11 is 6.00. The molecule has 0 aliphatic heterocycles. The summed E-state index contributed by atoms with van der Waals surface area (Å²) in [6, 6.07) is 9.37. The summed E-state index contributed by atoms with van der Waals surface area (Å²) in [7, 11) is 3.25. The quantitative estimate of drug-likeness (QED) is 0.818. The van der Waals surface area contributed by atoms with Gasteiger partial charge in [0.1, 0.15) is 5.82 Å². The molecule has 0 spiro atoms. The minimum Gasteiger partial charge on any atom is -0.494 e. The molecule has 0 aliphatic carbocycles. The highest BCUT2D eigenvalue weighted by Gasteiger charge is 2.11. The molecule has 2 rings (SSSR count). The second-order valence-corrected chi connectivity index (χ2v) is 5.25. The molecule has 0 atom stereocenters. The van der Waals surface area contributed by atoms with Crippen molar-refractivity contribution < 1.29 is 13.5 Å². The zero-order chi connectivity index (χ0) is 15.4. The third kappa shape index (κ3) is 3.93. The van der Waals surface area contributed by atoms with Gasteiger partial charge in [-0.05, 0) is 36.9 Å². The molecule has 0 aromatic heterocycles. The molecule has 0 bridgehead atoms. The molecule has 0 fully saturated rings.